The van der Waals surface area contributed by atoms with E-state index in [9.17, 15) is 5.11 Å². The Bertz CT molecular complexity index is 278. The van der Waals surface area contributed by atoms with Crippen molar-refractivity contribution in [1.82, 2.24) is 4.90 Å². The van der Waals surface area contributed by atoms with Crippen molar-refractivity contribution in [2.45, 2.75) is 44.9 Å². The number of nitrogens with zero attached hydrogens (tertiary/aromatic N) is 1. The van der Waals surface area contributed by atoms with Crippen LogP contribution in [0.25, 0.3) is 0 Å². The van der Waals surface area contributed by atoms with Gasteiger partial charge in [-0.25, -0.2) is 0 Å². The van der Waals surface area contributed by atoms with E-state index in [0.717, 1.165) is 25.3 Å². The molecular formula is C12H19NO2. The quantitative estimate of drug-likeness (QED) is 0.778. The van der Waals surface area contributed by atoms with Gasteiger partial charge in [0.2, 0.25) is 0 Å². The lowest BCUT2D eigenvalue weighted by Crippen LogP contribution is -2.28. The van der Waals surface area contributed by atoms with Gasteiger partial charge in [-0.05, 0) is 38.3 Å². The Morgan fingerprint density at radius 3 is 2.93 bits per heavy atom. The fourth-order valence-corrected chi connectivity index (χ4v) is 1.79. The van der Waals surface area contributed by atoms with Gasteiger partial charge in [0.25, 0.3) is 0 Å². The van der Waals surface area contributed by atoms with Gasteiger partial charge in [0, 0.05) is 12.6 Å². The number of furan rings is 1. The monoisotopic (exact) mass is 209 g/mol. The van der Waals surface area contributed by atoms with Crippen LogP contribution < -0.4 is 0 Å². The summed E-state index contributed by atoms with van der Waals surface area (Å²) in [6, 6.07) is 4.65. The van der Waals surface area contributed by atoms with E-state index in [2.05, 4.69) is 4.90 Å². The first kappa shape index (κ1) is 10.7. The maximum Gasteiger partial charge on any atom is 0.117 e. The third kappa shape index (κ3) is 3.36. The van der Waals surface area contributed by atoms with Gasteiger partial charge in [-0.2, -0.15) is 0 Å². The molecule has 84 valence electrons. The molecule has 1 aliphatic rings. The third-order valence-corrected chi connectivity index (χ3v) is 2.84. The molecule has 1 heterocycles. The molecule has 1 fully saturated rings. The van der Waals surface area contributed by atoms with Crippen LogP contribution in [-0.4, -0.2) is 28.7 Å². The first-order valence-corrected chi connectivity index (χ1v) is 5.70. The van der Waals surface area contributed by atoms with Crippen molar-refractivity contribution in [2.24, 2.45) is 0 Å². The highest BCUT2D eigenvalue weighted by atomic mass is 16.3. The molecule has 0 aromatic carbocycles. The van der Waals surface area contributed by atoms with Crippen molar-refractivity contribution >= 4 is 0 Å². The van der Waals surface area contributed by atoms with E-state index in [1.807, 2.05) is 19.1 Å². The normalized spacial score (nSPS) is 18.3. The molecule has 1 aromatic rings. The molecule has 1 aliphatic carbocycles. The first-order chi connectivity index (χ1) is 7.25. The van der Waals surface area contributed by atoms with Crippen molar-refractivity contribution in [3.8, 4) is 0 Å². The summed E-state index contributed by atoms with van der Waals surface area (Å²) >= 11 is 0. The van der Waals surface area contributed by atoms with Crippen LogP contribution in [-0.2, 0) is 6.54 Å². The summed E-state index contributed by atoms with van der Waals surface area (Å²) in [6.07, 6.45) is 4.94. The molecule has 1 atom stereocenters. The summed E-state index contributed by atoms with van der Waals surface area (Å²) in [6.45, 7) is 3.69. The van der Waals surface area contributed by atoms with Crippen molar-refractivity contribution in [3.05, 3.63) is 24.2 Å². The lowest BCUT2D eigenvalue weighted by atomic mass is 10.2. The highest BCUT2D eigenvalue weighted by Crippen LogP contribution is 2.28. The van der Waals surface area contributed by atoms with E-state index in [1.165, 1.54) is 12.8 Å². The predicted molar refractivity (Wildman–Crippen MR) is 58.4 cm³/mol. The zero-order chi connectivity index (χ0) is 10.7. The minimum Gasteiger partial charge on any atom is -0.468 e. The zero-order valence-electron chi connectivity index (χ0n) is 9.22. The number of aliphatic hydroxyl groups is 1. The van der Waals surface area contributed by atoms with E-state index >= 15 is 0 Å². The van der Waals surface area contributed by atoms with Crippen LogP contribution in [0.15, 0.2) is 22.8 Å². The van der Waals surface area contributed by atoms with E-state index in [0.29, 0.717) is 6.04 Å². The SMILES string of the molecule is CC(O)CCN(Cc1ccco1)C1CC1. The Labute approximate surface area is 90.7 Å². The average molecular weight is 209 g/mol. The standard InChI is InChI=1S/C12H19NO2/c1-10(14)6-7-13(11-4-5-11)9-12-3-2-8-15-12/h2-3,8,10-11,14H,4-7,9H2,1H3. The van der Waals surface area contributed by atoms with Gasteiger partial charge in [0.15, 0.2) is 0 Å². The molecule has 0 spiro atoms. The highest BCUT2D eigenvalue weighted by molar-refractivity contribution is 4.99. The molecule has 0 saturated heterocycles. The van der Waals surface area contributed by atoms with Crippen LogP contribution in [0.1, 0.15) is 31.9 Å². The topological polar surface area (TPSA) is 36.6 Å². The molecule has 15 heavy (non-hydrogen) atoms. The smallest absolute Gasteiger partial charge is 0.117 e. The molecule has 1 unspecified atom stereocenters. The molecule has 0 bridgehead atoms. The Morgan fingerprint density at radius 2 is 2.40 bits per heavy atom. The number of hydrogen-bond donors (Lipinski definition) is 1. The lowest BCUT2D eigenvalue weighted by molar-refractivity contribution is 0.146. The summed E-state index contributed by atoms with van der Waals surface area (Å²) in [5.74, 6) is 1.02. The summed E-state index contributed by atoms with van der Waals surface area (Å²) in [4.78, 5) is 2.41. The fraction of sp³-hybridized carbons (Fsp3) is 0.667. The zero-order valence-corrected chi connectivity index (χ0v) is 9.22. The largest absolute Gasteiger partial charge is 0.468 e. The van der Waals surface area contributed by atoms with Crippen molar-refractivity contribution in [2.75, 3.05) is 6.54 Å². The molecule has 0 radical (unpaired) electrons. The van der Waals surface area contributed by atoms with Crippen LogP contribution >= 0.6 is 0 Å². The molecule has 0 amide bonds. The number of rotatable bonds is 6. The summed E-state index contributed by atoms with van der Waals surface area (Å²) < 4.78 is 5.34. The van der Waals surface area contributed by atoms with Crippen molar-refractivity contribution in [3.63, 3.8) is 0 Å². The fourth-order valence-electron chi connectivity index (χ4n) is 1.79. The van der Waals surface area contributed by atoms with Crippen LogP contribution in [0.5, 0.6) is 0 Å². The van der Waals surface area contributed by atoms with Crippen molar-refractivity contribution < 1.29 is 9.52 Å². The molecule has 1 saturated carbocycles. The van der Waals surface area contributed by atoms with Gasteiger partial charge in [0.05, 0.1) is 18.9 Å². The number of hydrogen-bond acceptors (Lipinski definition) is 3. The first-order valence-electron chi connectivity index (χ1n) is 5.70. The second-order valence-corrected chi connectivity index (χ2v) is 4.42. The third-order valence-electron chi connectivity index (χ3n) is 2.84. The van der Waals surface area contributed by atoms with Gasteiger partial charge >= 0.3 is 0 Å². The molecule has 2 rings (SSSR count). The van der Waals surface area contributed by atoms with Crippen LogP contribution in [0.4, 0.5) is 0 Å². The Kier molecular flexibility index (Phi) is 3.44. The summed E-state index contributed by atoms with van der Waals surface area (Å²) in [5.41, 5.74) is 0. The van der Waals surface area contributed by atoms with E-state index in [-0.39, 0.29) is 6.10 Å². The molecule has 3 heteroatoms. The van der Waals surface area contributed by atoms with E-state index in [4.69, 9.17) is 4.42 Å². The maximum absolute atomic E-state index is 9.28. The Morgan fingerprint density at radius 1 is 1.60 bits per heavy atom. The summed E-state index contributed by atoms with van der Waals surface area (Å²) in [7, 11) is 0. The number of aliphatic hydroxyl groups excluding tert-OH is 1. The van der Waals surface area contributed by atoms with E-state index < -0.39 is 0 Å². The minimum absolute atomic E-state index is 0.206. The summed E-state index contributed by atoms with van der Waals surface area (Å²) in [5, 5.41) is 9.28. The van der Waals surface area contributed by atoms with Crippen LogP contribution in [0.3, 0.4) is 0 Å². The molecule has 3 nitrogen and oxygen atoms in total. The second-order valence-electron chi connectivity index (χ2n) is 4.42. The average Bonchev–Trinajstić information content (AvgIpc) is 2.91. The Hall–Kier alpha value is -0.800. The van der Waals surface area contributed by atoms with Crippen LogP contribution in [0.2, 0.25) is 0 Å². The van der Waals surface area contributed by atoms with Gasteiger partial charge in [-0.3, -0.25) is 4.90 Å². The van der Waals surface area contributed by atoms with Gasteiger partial charge < -0.3 is 9.52 Å². The second kappa shape index (κ2) is 4.81. The van der Waals surface area contributed by atoms with E-state index in [1.54, 1.807) is 6.26 Å². The van der Waals surface area contributed by atoms with Gasteiger partial charge in [-0.15, -0.1) is 0 Å². The highest BCUT2D eigenvalue weighted by Gasteiger charge is 2.29. The molecular weight excluding hydrogens is 190 g/mol. The molecule has 1 N–H and O–H groups in total. The molecule has 0 aliphatic heterocycles. The molecule has 1 aromatic heterocycles. The predicted octanol–water partition coefficient (Wildman–Crippen LogP) is 2.01. The minimum atomic E-state index is -0.206. The Balaban J connectivity index is 1.83. The van der Waals surface area contributed by atoms with Crippen LogP contribution in [0, 0.1) is 0 Å². The maximum atomic E-state index is 9.28. The van der Waals surface area contributed by atoms with Gasteiger partial charge in [-0.1, -0.05) is 0 Å². The van der Waals surface area contributed by atoms with Crippen molar-refractivity contribution in [1.29, 1.82) is 0 Å². The van der Waals surface area contributed by atoms with Gasteiger partial charge in [0.1, 0.15) is 5.76 Å². The lowest BCUT2D eigenvalue weighted by Gasteiger charge is -2.21.